The minimum absolute atomic E-state index is 0.0381. The highest BCUT2D eigenvalue weighted by molar-refractivity contribution is 5.51. The normalized spacial score (nSPS) is 13.2. The number of benzene rings is 2. The Balaban J connectivity index is 2.47. The zero-order chi connectivity index (χ0) is 14.9. The summed E-state index contributed by atoms with van der Waals surface area (Å²) >= 11 is 0. The molecule has 0 radical (unpaired) electrons. The molecule has 0 amide bonds. The highest BCUT2D eigenvalue weighted by Gasteiger charge is 2.22. The molecule has 0 aliphatic heterocycles. The molecule has 2 heteroatoms. The smallest absolute Gasteiger partial charge is 0.119 e. The van der Waals surface area contributed by atoms with Crippen LogP contribution in [0.15, 0.2) is 42.5 Å². The first kappa shape index (κ1) is 14.4. The van der Waals surface area contributed by atoms with Gasteiger partial charge in [-0.3, -0.25) is 0 Å². The Morgan fingerprint density at radius 1 is 0.900 bits per heavy atom. The van der Waals surface area contributed by atoms with E-state index in [1.54, 1.807) is 12.1 Å². The van der Waals surface area contributed by atoms with E-state index in [-0.39, 0.29) is 22.8 Å². The number of aromatic hydroxyl groups is 2. The van der Waals surface area contributed by atoms with Gasteiger partial charge in [-0.2, -0.15) is 0 Å². The Morgan fingerprint density at radius 3 is 2.05 bits per heavy atom. The van der Waals surface area contributed by atoms with E-state index < -0.39 is 0 Å². The molecule has 20 heavy (non-hydrogen) atoms. The van der Waals surface area contributed by atoms with Crippen LogP contribution in [-0.4, -0.2) is 10.2 Å². The van der Waals surface area contributed by atoms with Crippen LogP contribution in [0.1, 0.15) is 50.3 Å². The largest absolute Gasteiger partial charge is 0.508 e. The third kappa shape index (κ3) is 2.79. The van der Waals surface area contributed by atoms with Crippen molar-refractivity contribution in [3.05, 3.63) is 59.2 Å². The van der Waals surface area contributed by atoms with Gasteiger partial charge in [0.25, 0.3) is 0 Å². The van der Waals surface area contributed by atoms with Gasteiger partial charge < -0.3 is 10.2 Å². The van der Waals surface area contributed by atoms with Crippen molar-refractivity contribution in [2.45, 2.75) is 39.0 Å². The predicted octanol–water partition coefficient (Wildman–Crippen LogP) is 4.55. The van der Waals surface area contributed by atoms with Gasteiger partial charge in [0.2, 0.25) is 0 Å². The summed E-state index contributed by atoms with van der Waals surface area (Å²) in [4.78, 5) is 0. The average Bonchev–Trinajstić information content (AvgIpc) is 2.40. The third-order valence-corrected chi connectivity index (χ3v) is 3.72. The van der Waals surface area contributed by atoms with Crippen LogP contribution in [-0.2, 0) is 5.41 Å². The zero-order valence-electron chi connectivity index (χ0n) is 12.5. The molecule has 0 aliphatic carbocycles. The number of rotatable bonds is 2. The molecule has 0 heterocycles. The highest BCUT2D eigenvalue weighted by atomic mass is 16.3. The molecule has 0 aromatic heterocycles. The molecule has 0 fully saturated rings. The molecule has 2 N–H and O–H groups in total. The Kier molecular flexibility index (Phi) is 3.76. The predicted molar refractivity (Wildman–Crippen MR) is 82.4 cm³/mol. The van der Waals surface area contributed by atoms with Gasteiger partial charge in [-0.25, -0.2) is 0 Å². The lowest BCUT2D eigenvalue weighted by Gasteiger charge is -2.23. The fourth-order valence-corrected chi connectivity index (χ4v) is 2.46. The van der Waals surface area contributed by atoms with E-state index in [9.17, 15) is 10.2 Å². The monoisotopic (exact) mass is 270 g/mol. The molecular weight excluding hydrogens is 248 g/mol. The van der Waals surface area contributed by atoms with Crippen LogP contribution in [0.4, 0.5) is 0 Å². The van der Waals surface area contributed by atoms with E-state index in [1.165, 1.54) is 0 Å². The molecule has 0 saturated heterocycles. The van der Waals surface area contributed by atoms with Crippen molar-refractivity contribution in [2.24, 2.45) is 0 Å². The molecule has 0 aliphatic rings. The van der Waals surface area contributed by atoms with Gasteiger partial charge in [-0.05, 0) is 23.1 Å². The van der Waals surface area contributed by atoms with Crippen molar-refractivity contribution < 1.29 is 10.2 Å². The highest BCUT2D eigenvalue weighted by Crippen LogP contribution is 2.39. The quantitative estimate of drug-likeness (QED) is 0.786. The topological polar surface area (TPSA) is 40.5 Å². The molecular formula is C18H22O2. The minimum atomic E-state index is -0.198. The lowest BCUT2D eigenvalue weighted by molar-refractivity contribution is 0.430. The maximum Gasteiger partial charge on any atom is 0.119 e. The molecule has 1 unspecified atom stereocenters. The van der Waals surface area contributed by atoms with Crippen LogP contribution in [0.5, 0.6) is 11.5 Å². The first-order chi connectivity index (χ1) is 9.30. The van der Waals surface area contributed by atoms with Gasteiger partial charge in [0.15, 0.2) is 0 Å². The summed E-state index contributed by atoms with van der Waals surface area (Å²) in [6, 6.07) is 13.4. The second kappa shape index (κ2) is 5.20. The van der Waals surface area contributed by atoms with Gasteiger partial charge in [0.1, 0.15) is 11.5 Å². The lowest BCUT2D eigenvalue weighted by Crippen LogP contribution is -2.12. The first-order valence-electron chi connectivity index (χ1n) is 6.92. The fourth-order valence-electron chi connectivity index (χ4n) is 2.46. The van der Waals surface area contributed by atoms with Crippen molar-refractivity contribution in [3.8, 4) is 11.5 Å². The van der Waals surface area contributed by atoms with Crippen LogP contribution >= 0.6 is 0 Å². The lowest BCUT2D eigenvalue weighted by atomic mass is 9.83. The maximum atomic E-state index is 10.3. The third-order valence-electron chi connectivity index (χ3n) is 3.72. The molecule has 2 nitrogen and oxygen atoms in total. The zero-order valence-corrected chi connectivity index (χ0v) is 12.5. The fraction of sp³-hybridized carbons (Fsp3) is 0.333. The second-order valence-electron chi connectivity index (χ2n) is 6.31. The summed E-state index contributed by atoms with van der Waals surface area (Å²) in [5, 5.41) is 20.5. The van der Waals surface area contributed by atoms with Crippen LogP contribution in [0.3, 0.4) is 0 Å². The molecule has 1 atom stereocenters. The van der Waals surface area contributed by atoms with E-state index in [2.05, 4.69) is 0 Å². The molecule has 2 aromatic carbocycles. The number of phenols is 2. The molecule has 0 bridgehead atoms. The van der Waals surface area contributed by atoms with Crippen molar-refractivity contribution in [1.29, 1.82) is 0 Å². The Morgan fingerprint density at radius 2 is 1.50 bits per heavy atom. The van der Waals surface area contributed by atoms with E-state index >= 15 is 0 Å². The van der Waals surface area contributed by atoms with Gasteiger partial charge in [0.05, 0.1) is 0 Å². The van der Waals surface area contributed by atoms with E-state index in [4.69, 9.17) is 0 Å². The summed E-state index contributed by atoms with van der Waals surface area (Å²) in [5.74, 6) is 0.522. The van der Waals surface area contributed by atoms with Crippen LogP contribution in [0, 0.1) is 0 Å². The number of hydrogen-bond acceptors (Lipinski definition) is 2. The van der Waals surface area contributed by atoms with Crippen molar-refractivity contribution in [1.82, 2.24) is 0 Å². The van der Waals surface area contributed by atoms with Crippen molar-refractivity contribution in [3.63, 3.8) is 0 Å². The molecule has 106 valence electrons. The van der Waals surface area contributed by atoms with E-state index in [1.807, 2.05) is 58.0 Å². The molecule has 2 rings (SSSR count). The van der Waals surface area contributed by atoms with Gasteiger partial charge in [0, 0.05) is 17.0 Å². The molecule has 0 spiro atoms. The van der Waals surface area contributed by atoms with Crippen molar-refractivity contribution >= 4 is 0 Å². The van der Waals surface area contributed by atoms with E-state index in [0.29, 0.717) is 0 Å². The number of phenolic OH excluding ortho intramolecular Hbond substituents is 2. The number of hydrogen-bond donors (Lipinski definition) is 2. The average molecular weight is 270 g/mol. The summed E-state index contributed by atoms with van der Waals surface area (Å²) in [6.07, 6.45) is 0. The summed E-state index contributed by atoms with van der Waals surface area (Å²) < 4.78 is 0. The first-order valence-corrected chi connectivity index (χ1v) is 6.92. The second-order valence-corrected chi connectivity index (χ2v) is 6.31. The van der Waals surface area contributed by atoms with Crippen LogP contribution < -0.4 is 0 Å². The van der Waals surface area contributed by atoms with Gasteiger partial charge >= 0.3 is 0 Å². The van der Waals surface area contributed by atoms with E-state index in [0.717, 1.165) is 16.7 Å². The Bertz CT molecular complexity index is 595. The van der Waals surface area contributed by atoms with Crippen LogP contribution in [0.25, 0.3) is 0 Å². The Hall–Kier alpha value is -1.96. The standard InChI is InChI=1S/C18H22O2/c1-12(13-8-6-5-7-9-13)14-10-17(20)15(11-16(14)19)18(2,3)4/h5-12,19-20H,1-4H3. The minimum Gasteiger partial charge on any atom is -0.508 e. The Labute approximate surface area is 120 Å². The molecule has 2 aromatic rings. The summed E-state index contributed by atoms with van der Waals surface area (Å²) in [6.45, 7) is 8.08. The van der Waals surface area contributed by atoms with Crippen LogP contribution in [0.2, 0.25) is 0 Å². The van der Waals surface area contributed by atoms with Gasteiger partial charge in [-0.1, -0.05) is 58.0 Å². The maximum absolute atomic E-state index is 10.3. The molecule has 0 saturated carbocycles. The summed E-state index contributed by atoms with van der Waals surface area (Å²) in [7, 11) is 0. The SMILES string of the molecule is CC(c1ccccc1)c1cc(O)c(C(C)(C)C)cc1O. The van der Waals surface area contributed by atoms with Gasteiger partial charge in [-0.15, -0.1) is 0 Å². The van der Waals surface area contributed by atoms with Crippen molar-refractivity contribution in [2.75, 3.05) is 0 Å². The summed E-state index contributed by atoms with van der Waals surface area (Å²) in [5.41, 5.74) is 2.43.